The van der Waals surface area contributed by atoms with E-state index in [-0.39, 0.29) is 6.03 Å². The van der Waals surface area contributed by atoms with Crippen LogP contribution in [0.25, 0.3) is 0 Å². The molecule has 0 saturated carbocycles. The van der Waals surface area contributed by atoms with E-state index in [2.05, 4.69) is 20.7 Å². The van der Waals surface area contributed by atoms with Crippen molar-refractivity contribution in [2.45, 2.75) is 6.04 Å². The van der Waals surface area contributed by atoms with Crippen LogP contribution in [-0.4, -0.2) is 20.8 Å². The van der Waals surface area contributed by atoms with Gasteiger partial charge in [-0.05, 0) is 35.9 Å². The Morgan fingerprint density at radius 3 is 2.58 bits per heavy atom. The van der Waals surface area contributed by atoms with E-state index in [0.29, 0.717) is 10.8 Å². The van der Waals surface area contributed by atoms with E-state index in [1.54, 1.807) is 41.2 Å². The number of halogens is 1. The third-order valence-corrected chi connectivity index (χ3v) is 3.67. The molecular weight excluding hydrogens is 326 g/mol. The van der Waals surface area contributed by atoms with Crippen LogP contribution < -0.4 is 10.6 Å². The van der Waals surface area contributed by atoms with E-state index in [1.165, 1.54) is 0 Å². The maximum atomic E-state index is 12.3. The van der Waals surface area contributed by atoms with Crippen molar-refractivity contribution in [3.05, 3.63) is 77.2 Å². The topological polar surface area (TPSA) is 71.8 Å². The van der Waals surface area contributed by atoms with E-state index in [0.717, 1.165) is 11.3 Å². The monoisotopic (exact) mass is 341 g/mol. The number of carbonyl (C=O) groups is 1. The zero-order valence-electron chi connectivity index (χ0n) is 13.0. The van der Waals surface area contributed by atoms with Crippen molar-refractivity contribution < 1.29 is 4.79 Å². The normalized spacial score (nSPS) is 11.8. The van der Waals surface area contributed by atoms with Gasteiger partial charge < -0.3 is 5.32 Å². The largest absolute Gasteiger partial charge is 0.325 e. The average Bonchev–Trinajstić information content (AvgIpc) is 3.01. The van der Waals surface area contributed by atoms with Crippen LogP contribution in [0.5, 0.6) is 0 Å². The van der Waals surface area contributed by atoms with Gasteiger partial charge in [-0.25, -0.2) is 9.78 Å². The minimum Gasteiger partial charge on any atom is -0.325 e. The number of rotatable bonds is 4. The zero-order valence-corrected chi connectivity index (χ0v) is 13.7. The second-order valence-corrected chi connectivity index (χ2v) is 5.65. The molecule has 3 aromatic rings. The van der Waals surface area contributed by atoms with Gasteiger partial charge in [-0.2, -0.15) is 5.10 Å². The highest BCUT2D eigenvalue weighted by Gasteiger charge is 2.19. The van der Waals surface area contributed by atoms with Crippen LogP contribution in [0.2, 0.25) is 5.02 Å². The summed E-state index contributed by atoms with van der Waals surface area (Å²) in [6.45, 7) is 0. The van der Waals surface area contributed by atoms with Crippen LogP contribution in [0.3, 0.4) is 0 Å². The molecule has 0 spiro atoms. The Bertz CT molecular complexity index is 817. The third kappa shape index (κ3) is 3.91. The molecule has 122 valence electrons. The number of nitrogens with zero attached hydrogens (tertiary/aromatic N) is 3. The Labute approximate surface area is 144 Å². The minimum atomic E-state index is -0.396. The average molecular weight is 342 g/mol. The molecule has 1 atom stereocenters. The fourth-order valence-electron chi connectivity index (χ4n) is 2.29. The van der Waals surface area contributed by atoms with E-state index in [9.17, 15) is 4.79 Å². The van der Waals surface area contributed by atoms with Gasteiger partial charge in [0.25, 0.3) is 0 Å². The molecule has 3 rings (SSSR count). The molecule has 6 nitrogen and oxygen atoms in total. The van der Waals surface area contributed by atoms with Gasteiger partial charge in [-0.3, -0.25) is 10.00 Å². The van der Waals surface area contributed by atoms with E-state index in [4.69, 9.17) is 11.6 Å². The summed E-state index contributed by atoms with van der Waals surface area (Å²) in [6, 6.07) is 13.7. The summed E-state index contributed by atoms with van der Waals surface area (Å²) in [5.74, 6) is 0.478. The maximum Gasteiger partial charge on any atom is 0.321 e. The van der Waals surface area contributed by atoms with Crippen LogP contribution in [0.4, 0.5) is 10.6 Å². The van der Waals surface area contributed by atoms with E-state index >= 15 is 0 Å². The summed E-state index contributed by atoms with van der Waals surface area (Å²) in [4.78, 5) is 16.4. The van der Waals surface area contributed by atoms with Crippen molar-refractivity contribution in [1.82, 2.24) is 20.1 Å². The highest BCUT2D eigenvalue weighted by atomic mass is 35.5. The first kappa shape index (κ1) is 16.0. The van der Waals surface area contributed by atoms with Gasteiger partial charge in [-0.1, -0.05) is 29.8 Å². The lowest BCUT2D eigenvalue weighted by Gasteiger charge is -2.18. The van der Waals surface area contributed by atoms with Crippen LogP contribution in [-0.2, 0) is 7.05 Å². The number of aryl methyl sites for hydroxylation is 1. The van der Waals surface area contributed by atoms with Crippen LogP contribution >= 0.6 is 11.6 Å². The van der Waals surface area contributed by atoms with E-state index in [1.807, 2.05) is 31.4 Å². The molecule has 0 aliphatic rings. The summed E-state index contributed by atoms with van der Waals surface area (Å²) >= 11 is 5.95. The number of benzene rings is 1. The molecule has 0 aliphatic heterocycles. The summed E-state index contributed by atoms with van der Waals surface area (Å²) in [5, 5.41) is 10.7. The summed E-state index contributed by atoms with van der Waals surface area (Å²) < 4.78 is 1.69. The third-order valence-electron chi connectivity index (χ3n) is 3.42. The lowest BCUT2D eigenvalue weighted by atomic mass is 10.0. The second kappa shape index (κ2) is 7.14. The predicted octanol–water partition coefficient (Wildman–Crippen LogP) is 3.38. The number of hydrogen-bond donors (Lipinski definition) is 2. The lowest BCUT2D eigenvalue weighted by Crippen LogP contribution is -2.33. The Morgan fingerprint density at radius 2 is 1.96 bits per heavy atom. The Kier molecular flexibility index (Phi) is 4.77. The number of anilines is 1. The molecule has 2 amide bonds. The van der Waals surface area contributed by atoms with Crippen molar-refractivity contribution >= 4 is 23.4 Å². The highest BCUT2D eigenvalue weighted by Crippen LogP contribution is 2.22. The van der Waals surface area contributed by atoms with Gasteiger partial charge in [-0.15, -0.1) is 0 Å². The van der Waals surface area contributed by atoms with Gasteiger partial charge in [0.2, 0.25) is 0 Å². The molecule has 2 heterocycles. The standard InChI is InChI=1S/C17H16ClN5O/c1-23-11-9-14(22-23)16(12-5-7-13(18)8-6-12)21-17(24)20-15-4-2-3-10-19-15/h2-11,16H,1H3,(H2,19,20,21,24). The van der Waals surface area contributed by atoms with Gasteiger partial charge in [0, 0.05) is 24.5 Å². The molecule has 1 aromatic carbocycles. The quantitative estimate of drug-likeness (QED) is 0.764. The SMILES string of the molecule is Cn1ccc(C(NC(=O)Nc2ccccn2)c2ccc(Cl)cc2)n1. The van der Waals surface area contributed by atoms with Gasteiger partial charge in [0.15, 0.2) is 0 Å². The smallest absolute Gasteiger partial charge is 0.321 e. The van der Waals surface area contributed by atoms with Crippen molar-refractivity contribution in [2.75, 3.05) is 5.32 Å². The molecule has 24 heavy (non-hydrogen) atoms. The molecule has 0 saturated heterocycles. The highest BCUT2D eigenvalue weighted by molar-refractivity contribution is 6.30. The molecule has 2 aromatic heterocycles. The molecule has 0 aliphatic carbocycles. The Morgan fingerprint density at radius 1 is 1.17 bits per heavy atom. The maximum absolute atomic E-state index is 12.3. The van der Waals surface area contributed by atoms with Crippen molar-refractivity contribution in [2.24, 2.45) is 7.05 Å². The second-order valence-electron chi connectivity index (χ2n) is 5.21. The molecule has 0 radical (unpaired) electrons. The summed E-state index contributed by atoms with van der Waals surface area (Å²) in [7, 11) is 1.83. The first-order chi connectivity index (χ1) is 11.6. The number of aromatic nitrogens is 3. The molecule has 0 bridgehead atoms. The number of pyridine rings is 1. The van der Waals surface area contributed by atoms with E-state index < -0.39 is 6.04 Å². The number of carbonyl (C=O) groups excluding carboxylic acids is 1. The lowest BCUT2D eigenvalue weighted by molar-refractivity contribution is 0.250. The molecular formula is C17H16ClN5O. The van der Waals surface area contributed by atoms with Gasteiger partial charge in [0.1, 0.15) is 11.9 Å². The van der Waals surface area contributed by atoms with Crippen LogP contribution in [0.15, 0.2) is 60.9 Å². The summed E-state index contributed by atoms with van der Waals surface area (Å²) in [6.07, 6.45) is 3.45. The fourth-order valence-corrected chi connectivity index (χ4v) is 2.42. The molecule has 0 fully saturated rings. The first-order valence-electron chi connectivity index (χ1n) is 7.35. The van der Waals surface area contributed by atoms with Crippen molar-refractivity contribution in [1.29, 1.82) is 0 Å². The number of urea groups is 1. The minimum absolute atomic E-state index is 0.362. The molecule has 1 unspecified atom stereocenters. The number of hydrogen-bond acceptors (Lipinski definition) is 3. The van der Waals surface area contributed by atoms with Gasteiger partial charge >= 0.3 is 6.03 Å². The first-order valence-corrected chi connectivity index (χ1v) is 7.73. The zero-order chi connectivity index (χ0) is 16.9. The predicted molar refractivity (Wildman–Crippen MR) is 92.9 cm³/mol. The van der Waals surface area contributed by atoms with Gasteiger partial charge in [0.05, 0.1) is 5.69 Å². The number of nitrogens with one attached hydrogen (secondary N) is 2. The number of amides is 2. The fraction of sp³-hybridized carbons (Fsp3) is 0.118. The van der Waals surface area contributed by atoms with Crippen LogP contribution in [0.1, 0.15) is 17.3 Å². The van der Waals surface area contributed by atoms with Crippen molar-refractivity contribution in [3.63, 3.8) is 0 Å². The molecule has 7 heteroatoms. The van der Waals surface area contributed by atoms with Crippen LogP contribution in [0, 0.1) is 0 Å². The van der Waals surface area contributed by atoms with Crippen molar-refractivity contribution in [3.8, 4) is 0 Å². The molecule has 2 N–H and O–H groups in total. The Balaban J connectivity index is 1.82. The Hall–Kier alpha value is -2.86. The summed E-state index contributed by atoms with van der Waals surface area (Å²) in [5.41, 5.74) is 1.62.